The highest BCUT2D eigenvalue weighted by Crippen LogP contribution is 2.31. The summed E-state index contributed by atoms with van der Waals surface area (Å²) in [5, 5.41) is 10.4. The first-order valence-corrected chi connectivity index (χ1v) is 6.35. The highest BCUT2D eigenvalue weighted by molar-refractivity contribution is 5.43. The smallest absolute Gasteiger partial charge is 0.123 e. The van der Waals surface area contributed by atoms with Crippen LogP contribution in [0.15, 0.2) is 36.4 Å². The van der Waals surface area contributed by atoms with Crippen molar-refractivity contribution in [3.63, 3.8) is 0 Å². The third-order valence-electron chi connectivity index (χ3n) is 3.57. The van der Waals surface area contributed by atoms with Crippen molar-refractivity contribution in [1.82, 2.24) is 0 Å². The van der Waals surface area contributed by atoms with Gasteiger partial charge in [-0.3, -0.25) is 0 Å². The number of rotatable bonds is 2. The number of benzene rings is 2. The van der Waals surface area contributed by atoms with Gasteiger partial charge in [0.15, 0.2) is 0 Å². The van der Waals surface area contributed by atoms with Gasteiger partial charge in [-0.05, 0) is 53.4 Å². The summed E-state index contributed by atoms with van der Waals surface area (Å²) >= 11 is 0. The molecule has 1 aliphatic heterocycles. The van der Waals surface area contributed by atoms with Gasteiger partial charge < -0.3 is 9.84 Å². The number of aliphatic hydroxyl groups excluding tert-OH is 1. The lowest BCUT2D eigenvalue weighted by Crippen LogP contribution is -2.03. The van der Waals surface area contributed by atoms with Crippen LogP contribution in [0.4, 0.5) is 4.39 Å². The van der Waals surface area contributed by atoms with Gasteiger partial charge in [0.25, 0.3) is 0 Å². The molecule has 0 radical (unpaired) electrons. The van der Waals surface area contributed by atoms with E-state index in [1.807, 2.05) is 25.1 Å². The lowest BCUT2D eigenvalue weighted by Gasteiger charge is -2.15. The molecule has 0 fully saturated rings. The molecule has 0 aromatic heterocycles. The predicted octanol–water partition coefficient (Wildman–Crippen LogP) is 3.15. The Morgan fingerprint density at radius 2 is 2.05 bits per heavy atom. The largest absolute Gasteiger partial charge is 0.493 e. The second kappa shape index (κ2) is 4.67. The van der Waals surface area contributed by atoms with Gasteiger partial charge in [0.1, 0.15) is 17.7 Å². The molecule has 0 saturated heterocycles. The molecule has 1 N–H and O–H groups in total. The maximum absolute atomic E-state index is 13.3. The number of hydrogen-bond donors (Lipinski definition) is 1. The van der Waals surface area contributed by atoms with Gasteiger partial charge in [0.05, 0.1) is 6.61 Å². The monoisotopic (exact) mass is 258 g/mol. The Balaban J connectivity index is 1.99. The summed E-state index contributed by atoms with van der Waals surface area (Å²) in [6, 6.07) is 10.1. The van der Waals surface area contributed by atoms with E-state index < -0.39 is 6.10 Å². The molecule has 0 amide bonds. The Morgan fingerprint density at radius 1 is 1.21 bits per heavy atom. The van der Waals surface area contributed by atoms with E-state index in [0.717, 1.165) is 28.9 Å². The van der Waals surface area contributed by atoms with Gasteiger partial charge in [-0.1, -0.05) is 12.1 Å². The number of aryl methyl sites for hydroxylation is 1. The van der Waals surface area contributed by atoms with Gasteiger partial charge in [0.2, 0.25) is 0 Å². The van der Waals surface area contributed by atoms with Crippen LogP contribution in [0.25, 0.3) is 0 Å². The van der Waals surface area contributed by atoms with Crippen LogP contribution in [0.3, 0.4) is 0 Å². The molecular formula is C16H15FO2. The molecule has 98 valence electrons. The first kappa shape index (κ1) is 12.2. The molecule has 1 aliphatic rings. The van der Waals surface area contributed by atoms with Crippen LogP contribution in [0.1, 0.15) is 28.4 Å². The Kier molecular flexibility index (Phi) is 2.99. The highest BCUT2D eigenvalue weighted by Gasteiger charge is 2.18. The Morgan fingerprint density at radius 3 is 2.89 bits per heavy atom. The van der Waals surface area contributed by atoms with E-state index in [1.165, 1.54) is 12.1 Å². The molecule has 2 nitrogen and oxygen atoms in total. The van der Waals surface area contributed by atoms with Crippen molar-refractivity contribution in [3.8, 4) is 5.75 Å². The summed E-state index contributed by atoms with van der Waals surface area (Å²) in [5.74, 6) is 0.552. The van der Waals surface area contributed by atoms with Crippen LogP contribution in [0.2, 0.25) is 0 Å². The van der Waals surface area contributed by atoms with Crippen LogP contribution >= 0.6 is 0 Å². The fourth-order valence-corrected chi connectivity index (χ4v) is 2.46. The Hall–Kier alpha value is -1.87. The summed E-state index contributed by atoms with van der Waals surface area (Å²) in [6.45, 7) is 2.56. The van der Waals surface area contributed by atoms with E-state index in [-0.39, 0.29) is 5.82 Å². The average molecular weight is 258 g/mol. The lowest BCUT2D eigenvalue weighted by molar-refractivity contribution is 0.219. The summed E-state index contributed by atoms with van der Waals surface area (Å²) < 4.78 is 18.8. The molecule has 19 heavy (non-hydrogen) atoms. The van der Waals surface area contributed by atoms with Crippen LogP contribution in [-0.4, -0.2) is 11.7 Å². The van der Waals surface area contributed by atoms with Crippen molar-refractivity contribution in [1.29, 1.82) is 0 Å². The lowest BCUT2D eigenvalue weighted by atomic mass is 9.96. The zero-order chi connectivity index (χ0) is 13.4. The molecule has 0 saturated carbocycles. The van der Waals surface area contributed by atoms with Crippen LogP contribution in [-0.2, 0) is 6.42 Å². The van der Waals surface area contributed by atoms with Crippen molar-refractivity contribution in [2.24, 2.45) is 0 Å². The maximum atomic E-state index is 13.3. The fraction of sp³-hybridized carbons (Fsp3) is 0.250. The van der Waals surface area contributed by atoms with Crippen LogP contribution in [0, 0.1) is 12.7 Å². The van der Waals surface area contributed by atoms with E-state index in [4.69, 9.17) is 4.74 Å². The van der Waals surface area contributed by atoms with Crippen molar-refractivity contribution >= 4 is 0 Å². The zero-order valence-electron chi connectivity index (χ0n) is 10.7. The SMILES string of the molecule is Cc1ccc(F)cc1C(O)c1ccc2c(c1)CCO2. The van der Waals surface area contributed by atoms with Crippen molar-refractivity contribution in [3.05, 3.63) is 64.5 Å². The van der Waals surface area contributed by atoms with Crippen LogP contribution in [0.5, 0.6) is 5.75 Å². The number of fused-ring (bicyclic) bond motifs is 1. The van der Waals surface area contributed by atoms with E-state index in [1.54, 1.807) is 6.07 Å². The molecule has 0 aliphatic carbocycles. The third-order valence-corrected chi connectivity index (χ3v) is 3.57. The predicted molar refractivity (Wildman–Crippen MR) is 70.8 cm³/mol. The molecule has 1 unspecified atom stereocenters. The first-order valence-electron chi connectivity index (χ1n) is 6.35. The van der Waals surface area contributed by atoms with E-state index in [0.29, 0.717) is 12.2 Å². The maximum Gasteiger partial charge on any atom is 0.123 e. The topological polar surface area (TPSA) is 29.5 Å². The van der Waals surface area contributed by atoms with Crippen molar-refractivity contribution < 1.29 is 14.2 Å². The Labute approximate surface area is 111 Å². The van der Waals surface area contributed by atoms with E-state index in [9.17, 15) is 9.50 Å². The van der Waals surface area contributed by atoms with Gasteiger partial charge in [-0.2, -0.15) is 0 Å². The minimum Gasteiger partial charge on any atom is -0.493 e. The summed E-state index contributed by atoms with van der Waals surface area (Å²) in [6.07, 6.45) is 0.0551. The molecule has 1 heterocycles. The summed E-state index contributed by atoms with van der Waals surface area (Å²) in [4.78, 5) is 0. The summed E-state index contributed by atoms with van der Waals surface area (Å²) in [7, 11) is 0. The normalized spacial score (nSPS) is 14.9. The van der Waals surface area contributed by atoms with Gasteiger partial charge in [-0.25, -0.2) is 4.39 Å². The highest BCUT2D eigenvalue weighted by atomic mass is 19.1. The first-order chi connectivity index (χ1) is 9.15. The van der Waals surface area contributed by atoms with Crippen molar-refractivity contribution in [2.75, 3.05) is 6.61 Å². The minimum atomic E-state index is -0.804. The average Bonchev–Trinajstić information content (AvgIpc) is 2.88. The molecule has 3 rings (SSSR count). The number of aliphatic hydroxyl groups is 1. The second-order valence-electron chi connectivity index (χ2n) is 4.87. The zero-order valence-corrected chi connectivity index (χ0v) is 10.7. The second-order valence-corrected chi connectivity index (χ2v) is 4.87. The van der Waals surface area contributed by atoms with Gasteiger partial charge >= 0.3 is 0 Å². The van der Waals surface area contributed by atoms with E-state index in [2.05, 4.69) is 0 Å². The van der Waals surface area contributed by atoms with Gasteiger partial charge in [-0.15, -0.1) is 0 Å². The molecule has 1 atom stereocenters. The van der Waals surface area contributed by atoms with Gasteiger partial charge in [0, 0.05) is 6.42 Å². The number of ether oxygens (including phenoxy) is 1. The molecule has 2 aromatic carbocycles. The Bertz CT molecular complexity index is 622. The quantitative estimate of drug-likeness (QED) is 0.896. The molecule has 0 spiro atoms. The number of halogens is 1. The molecule has 2 aromatic rings. The third kappa shape index (κ3) is 2.22. The van der Waals surface area contributed by atoms with E-state index >= 15 is 0 Å². The van der Waals surface area contributed by atoms with Crippen LogP contribution < -0.4 is 4.74 Å². The standard InChI is InChI=1S/C16H15FO2/c1-10-2-4-13(17)9-14(10)16(18)12-3-5-15-11(8-12)6-7-19-15/h2-5,8-9,16,18H,6-7H2,1H3. The molecule has 0 bridgehead atoms. The molecular weight excluding hydrogens is 243 g/mol. The minimum absolute atomic E-state index is 0.329. The summed E-state index contributed by atoms with van der Waals surface area (Å²) in [5.41, 5.74) is 3.37. The van der Waals surface area contributed by atoms with Crippen molar-refractivity contribution in [2.45, 2.75) is 19.4 Å². The number of hydrogen-bond acceptors (Lipinski definition) is 2. The fourth-order valence-electron chi connectivity index (χ4n) is 2.46. The molecule has 3 heteroatoms.